The second-order valence-corrected chi connectivity index (χ2v) is 6.17. The van der Waals surface area contributed by atoms with Gasteiger partial charge in [0, 0.05) is 31.3 Å². The fourth-order valence-corrected chi connectivity index (χ4v) is 2.52. The summed E-state index contributed by atoms with van der Waals surface area (Å²) in [6, 6.07) is 11.4. The van der Waals surface area contributed by atoms with Gasteiger partial charge in [-0.2, -0.15) is 0 Å². The molecule has 7 nitrogen and oxygen atoms in total. The number of nitrogens with zero attached hydrogens (tertiary/aromatic N) is 2. The molecule has 0 spiro atoms. The van der Waals surface area contributed by atoms with Crippen molar-refractivity contribution >= 4 is 17.5 Å². The van der Waals surface area contributed by atoms with E-state index >= 15 is 0 Å². The van der Waals surface area contributed by atoms with E-state index in [-0.39, 0.29) is 23.7 Å². The molecule has 2 rings (SSSR count). The van der Waals surface area contributed by atoms with Gasteiger partial charge in [-0.15, -0.1) is 0 Å². The summed E-state index contributed by atoms with van der Waals surface area (Å²) in [7, 11) is 1.67. The van der Waals surface area contributed by atoms with Gasteiger partial charge in [0.05, 0.1) is 11.5 Å². The zero-order chi connectivity index (χ0) is 19.3. The van der Waals surface area contributed by atoms with Crippen LogP contribution in [0.15, 0.2) is 42.5 Å². The van der Waals surface area contributed by atoms with Crippen molar-refractivity contribution in [2.24, 2.45) is 0 Å². The van der Waals surface area contributed by atoms with Gasteiger partial charge in [-0.1, -0.05) is 29.8 Å². The number of nitro benzene ring substituents is 1. The Bertz CT molecular complexity index is 848. The first-order valence-corrected chi connectivity index (χ1v) is 8.10. The Morgan fingerprint density at radius 2 is 1.88 bits per heavy atom. The molecule has 1 N–H and O–H groups in total. The van der Waals surface area contributed by atoms with Crippen molar-refractivity contribution in [3.8, 4) is 0 Å². The maximum atomic E-state index is 12.2. The van der Waals surface area contributed by atoms with Gasteiger partial charge in [-0.05, 0) is 31.0 Å². The largest absolute Gasteiger partial charge is 0.343 e. The first-order valence-electron chi connectivity index (χ1n) is 8.10. The summed E-state index contributed by atoms with van der Waals surface area (Å²) in [6.45, 7) is 4.26. The number of amides is 2. The normalized spacial score (nSPS) is 10.3. The van der Waals surface area contributed by atoms with Crippen LogP contribution in [0.2, 0.25) is 0 Å². The van der Waals surface area contributed by atoms with Crippen molar-refractivity contribution in [2.75, 3.05) is 13.6 Å². The lowest BCUT2D eigenvalue weighted by Crippen LogP contribution is -2.37. The van der Waals surface area contributed by atoms with Crippen LogP contribution in [-0.4, -0.2) is 35.2 Å². The lowest BCUT2D eigenvalue weighted by molar-refractivity contribution is -0.384. The van der Waals surface area contributed by atoms with Crippen molar-refractivity contribution in [3.63, 3.8) is 0 Å². The second kappa shape index (κ2) is 8.24. The zero-order valence-corrected chi connectivity index (χ0v) is 15.0. The number of carbonyl (C=O) groups excluding carboxylic acids is 2. The third-order valence-corrected chi connectivity index (χ3v) is 4.05. The average Bonchev–Trinajstić information content (AvgIpc) is 2.61. The van der Waals surface area contributed by atoms with Crippen LogP contribution in [0.5, 0.6) is 0 Å². The molecule has 0 unspecified atom stereocenters. The van der Waals surface area contributed by atoms with Crippen molar-refractivity contribution in [1.82, 2.24) is 10.2 Å². The quantitative estimate of drug-likeness (QED) is 0.637. The molecule has 0 aliphatic carbocycles. The number of nitro groups is 1. The van der Waals surface area contributed by atoms with E-state index in [1.165, 1.54) is 29.2 Å². The standard InChI is InChI=1S/C19H21N3O4/c1-13-7-8-16(14(2)9-13)12-21(3)18(23)11-20-19(24)15-5-4-6-17(10-15)22(25)26/h4-10H,11-12H2,1-3H3,(H,20,24). The van der Waals surface area contributed by atoms with Crippen LogP contribution in [0.4, 0.5) is 5.69 Å². The van der Waals surface area contributed by atoms with Gasteiger partial charge in [-0.3, -0.25) is 19.7 Å². The molecular formula is C19H21N3O4. The Labute approximate surface area is 151 Å². The molecule has 136 valence electrons. The Morgan fingerprint density at radius 1 is 1.15 bits per heavy atom. The van der Waals surface area contributed by atoms with Crippen LogP contribution in [0.25, 0.3) is 0 Å². The van der Waals surface area contributed by atoms with Crippen molar-refractivity contribution in [3.05, 3.63) is 74.8 Å². The maximum absolute atomic E-state index is 12.2. The SMILES string of the molecule is Cc1ccc(CN(C)C(=O)CNC(=O)c2cccc([N+](=O)[O-])c2)c(C)c1. The minimum Gasteiger partial charge on any atom is -0.343 e. The smallest absolute Gasteiger partial charge is 0.270 e. The molecular weight excluding hydrogens is 334 g/mol. The molecule has 26 heavy (non-hydrogen) atoms. The van der Waals surface area contributed by atoms with Crippen LogP contribution in [0.1, 0.15) is 27.0 Å². The number of rotatable bonds is 6. The number of likely N-dealkylation sites (N-methyl/N-ethyl adjacent to an activating group) is 1. The van der Waals surface area contributed by atoms with Crippen molar-refractivity contribution in [2.45, 2.75) is 20.4 Å². The maximum Gasteiger partial charge on any atom is 0.270 e. The second-order valence-electron chi connectivity index (χ2n) is 6.17. The predicted molar refractivity (Wildman–Crippen MR) is 97.8 cm³/mol. The molecule has 0 atom stereocenters. The number of aryl methyl sites for hydroxylation is 2. The number of hydrogen-bond acceptors (Lipinski definition) is 4. The Balaban J connectivity index is 1.94. The van der Waals surface area contributed by atoms with Gasteiger partial charge in [-0.25, -0.2) is 0 Å². The van der Waals surface area contributed by atoms with Gasteiger partial charge in [0.25, 0.3) is 11.6 Å². The van der Waals surface area contributed by atoms with E-state index in [0.717, 1.165) is 16.7 Å². The van der Waals surface area contributed by atoms with E-state index in [0.29, 0.717) is 6.54 Å². The zero-order valence-electron chi connectivity index (χ0n) is 15.0. The Kier molecular flexibility index (Phi) is 6.06. The molecule has 0 saturated carbocycles. The fourth-order valence-electron chi connectivity index (χ4n) is 2.52. The molecule has 0 heterocycles. The Morgan fingerprint density at radius 3 is 2.54 bits per heavy atom. The van der Waals surface area contributed by atoms with E-state index in [4.69, 9.17) is 0 Å². The molecule has 2 aromatic carbocycles. The lowest BCUT2D eigenvalue weighted by Gasteiger charge is -2.19. The summed E-state index contributed by atoms with van der Waals surface area (Å²) in [4.78, 5) is 36.1. The molecule has 0 aromatic heterocycles. The fraction of sp³-hybridized carbons (Fsp3) is 0.263. The highest BCUT2D eigenvalue weighted by Gasteiger charge is 2.15. The van der Waals surface area contributed by atoms with Crippen LogP contribution >= 0.6 is 0 Å². The van der Waals surface area contributed by atoms with E-state index in [2.05, 4.69) is 11.4 Å². The van der Waals surface area contributed by atoms with Gasteiger partial charge >= 0.3 is 0 Å². The van der Waals surface area contributed by atoms with E-state index in [1.54, 1.807) is 7.05 Å². The molecule has 0 aliphatic heterocycles. The first kappa shape index (κ1) is 19.1. The minimum absolute atomic E-state index is 0.143. The highest BCUT2D eigenvalue weighted by atomic mass is 16.6. The average molecular weight is 355 g/mol. The number of hydrogen-bond donors (Lipinski definition) is 1. The highest BCUT2D eigenvalue weighted by Crippen LogP contribution is 2.14. The van der Waals surface area contributed by atoms with Gasteiger partial charge < -0.3 is 10.2 Å². The number of nitrogens with one attached hydrogen (secondary N) is 1. The summed E-state index contributed by atoms with van der Waals surface area (Å²) < 4.78 is 0. The summed E-state index contributed by atoms with van der Waals surface area (Å²) in [6.07, 6.45) is 0. The molecule has 0 fully saturated rings. The van der Waals surface area contributed by atoms with Crippen LogP contribution in [-0.2, 0) is 11.3 Å². The third kappa shape index (κ3) is 4.89. The van der Waals surface area contributed by atoms with E-state index in [9.17, 15) is 19.7 Å². The molecule has 0 radical (unpaired) electrons. The highest BCUT2D eigenvalue weighted by molar-refractivity contribution is 5.96. The summed E-state index contributed by atoms with van der Waals surface area (Å²) in [5.74, 6) is -0.772. The summed E-state index contributed by atoms with van der Waals surface area (Å²) in [5.41, 5.74) is 3.27. The predicted octanol–water partition coefficient (Wildman–Crippen LogP) is 2.60. The molecule has 2 aromatic rings. The number of benzene rings is 2. The molecule has 0 saturated heterocycles. The van der Waals surface area contributed by atoms with Crippen LogP contribution in [0, 0.1) is 24.0 Å². The third-order valence-electron chi connectivity index (χ3n) is 4.05. The summed E-state index contributed by atoms with van der Waals surface area (Å²) >= 11 is 0. The molecule has 0 bridgehead atoms. The molecule has 2 amide bonds. The van der Waals surface area contributed by atoms with Crippen LogP contribution < -0.4 is 5.32 Å². The number of non-ortho nitro benzene ring substituents is 1. The topological polar surface area (TPSA) is 92.6 Å². The monoisotopic (exact) mass is 355 g/mol. The molecule has 0 aliphatic rings. The lowest BCUT2D eigenvalue weighted by atomic mass is 10.1. The molecule has 7 heteroatoms. The first-order chi connectivity index (χ1) is 12.3. The van der Waals surface area contributed by atoms with Crippen molar-refractivity contribution in [1.29, 1.82) is 0 Å². The minimum atomic E-state index is -0.570. The number of carbonyl (C=O) groups is 2. The van der Waals surface area contributed by atoms with Gasteiger partial charge in [0.2, 0.25) is 5.91 Å². The van der Waals surface area contributed by atoms with Crippen molar-refractivity contribution < 1.29 is 14.5 Å². The Hall–Kier alpha value is -3.22. The van der Waals surface area contributed by atoms with Crippen LogP contribution in [0.3, 0.4) is 0 Å². The van der Waals surface area contributed by atoms with Gasteiger partial charge in [0.1, 0.15) is 0 Å². The van der Waals surface area contributed by atoms with Gasteiger partial charge in [0.15, 0.2) is 0 Å². The van der Waals surface area contributed by atoms with E-state index in [1.807, 2.05) is 26.0 Å². The van der Waals surface area contributed by atoms with E-state index < -0.39 is 10.8 Å². The summed E-state index contributed by atoms with van der Waals surface area (Å²) in [5, 5.41) is 13.3.